The summed E-state index contributed by atoms with van der Waals surface area (Å²) in [5, 5.41) is 0. The summed E-state index contributed by atoms with van der Waals surface area (Å²) in [4.78, 5) is 38.2. The SMILES string of the molecule is CC/C=C\C/C=C\C/C=C\C/C=C\C/C=C\C/C=C\CCC(=O)OC[C@H](COC(=O)CCCCCCCCCCCCCCCCCCC)OC(=O)CCCCCC/C=C\C/C=C\C/C=C\CCCCC. The molecule has 0 aromatic heterocycles. The number of ether oxygens (including phenoxy) is 3. The Balaban J connectivity index is 4.53. The van der Waals surface area contributed by atoms with Gasteiger partial charge in [-0.25, -0.2) is 0 Å². The highest BCUT2D eigenvalue weighted by Gasteiger charge is 2.19. The summed E-state index contributed by atoms with van der Waals surface area (Å²) in [6.07, 6.45) is 79.5. The van der Waals surface area contributed by atoms with E-state index < -0.39 is 6.10 Å². The van der Waals surface area contributed by atoms with E-state index in [2.05, 4.69) is 124 Å². The van der Waals surface area contributed by atoms with E-state index in [1.165, 1.54) is 116 Å². The average Bonchev–Trinajstić information content (AvgIpc) is 3.37. The van der Waals surface area contributed by atoms with Crippen LogP contribution < -0.4 is 0 Å². The molecular formula is C65H108O6. The van der Waals surface area contributed by atoms with Crippen LogP contribution in [0, 0.1) is 0 Å². The first-order chi connectivity index (χ1) is 35.0. The lowest BCUT2D eigenvalue weighted by molar-refractivity contribution is -0.166. The van der Waals surface area contributed by atoms with Gasteiger partial charge in [-0.1, -0.05) is 259 Å². The molecule has 0 spiro atoms. The molecule has 0 aliphatic heterocycles. The Morgan fingerprint density at radius 1 is 0.296 bits per heavy atom. The topological polar surface area (TPSA) is 78.9 Å². The van der Waals surface area contributed by atoms with Crippen molar-refractivity contribution in [3.05, 3.63) is 109 Å². The number of esters is 3. The molecule has 404 valence electrons. The van der Waals surface area contributed by atoms with Crippen molar-refractivity contribution in [1.82, 2.24) is 0 Å². The maximum Gasteiger partial charge on any atom is 0.306 e. The Morgan fingerprint density at radius 3 is 0.972 bits per heavy atom. The van der Waals surface area contributed by atoms with Crippen LogP contribution in [0.1, 0.15) is 265 Å². The van der Waals surface area contributed by atoms with Crippen molar-refractivity contribution in [3.63, 3.8) is 0 Å². The highest BCUT2D eigenvalue weighted by atomic mass is 16.6. The Labute approximate surface area is 438 Å². The summed E-state index contributed by atoms with van der Waals surface area (Å²) >= 11 is 0. The molecule has 6 nitrogen and oxygen atoms in total. The van der Waals surface area contributed by atoms with Gasteiger partial charge in [-0.3, -0.25) is 14.4 Å². The van der Waals surface area contributed by atoms with E-state index in [-0.39, 0.29) is 44.0 Å². The second kappa shape index (κ2) is 58.6. The summed E-state index contributed by atoms with van der Waals surface area (Å²) in [5.74, 6) is -1.02. The maximum absolute atomic E-state index is 12.9. The molecule has 0 aromatic rings. The van der Waals surface area contributed by atoms with Gasteiger partial charge in [0.2, 0.25) is 0 Å². The zero-order valence-electron chi connectivity index (χ0n) is 46.2. The number of hydrogen-bond acceptors (Lipinski definition) is 6. The molecule has 0 rings (SSSR count). The van der Waals surface area contributed by atoms with E-state index in [9.17, 15) is 14.4 Å². The Morgan fingerprint density at radius 2 is 0.577 bits per heavy atom. The quantitative estimate of drug-likeness (QED) is 0.0261. The zero-order valence-corrected chi connectivity index (χ0v) is 46.2. The summed E-state index contributed by atoms with van der Waals surface area (Å²) in [7, 11) is 0. The van der Waals surface area contributed by atoms with Gasteiger partial charge in [0.25, 0.3) is 0 Å². The molecule has 0 aromatic carbocycles. The lowest BCUT2D eigenvalue weighted by atomic mass is 10.0. The zero-order chi connectivity index (χ0) is 51.4. The molecule has 0 radical (unpaired) electrons. The van der Waals surface area contributed by atoms with Crippen molar-refractivity contribution in [1.29, 1.82) is 0 Å². The number of carbonyl (C=O) groups excluding carboxylic acids is 3. The number of allylic oxidation sites excluding steroid dienone is 18. The molecule has 1 atom stereocenters. The van der Waals surface area contributed by atoms with Crippen LogP contribution in [0.2, 0.25) is 0 Å². The predicted octanol–water partition coefficient (Wildman–Crippen LogP) is 19.9. The van der Waals surface area contributed by atoms with Crippen LogP contribution in [0.15, 0.2) is 109 Å². The molecule has 6 heteroatoms. The van der Waals surface area contributed by atoms with E-state index >= 15 is 0 Å². The third-order valence-electron chi connectivity index (χ3n) is 12.3. The van der Waals surface area contributed by atoms with Gasteiger partial charge in [-0.15, -0.1) is 0 Å². The molecule has 0 aliphatic carbocycles. The largest absolute Gasteiger partial charge is 0.462 e. The van der Waals surface area contributed by atoms with E-state index in [0.29, 0.717) is 12.8 Å². The van der Waals surface area contributed by atoms with Crippen LogP contribution in [0.25, 0.3) is 0 Å². The van der Waals surface area contributed by atoms with E-state index in [1.807, 2.05) is 6.08 Å². The first-order valence-corrected chi connectivity index (χ1v) is 29.4. The number of hydrogen-bond donors (Lipinski definition) is 0. The highest BCUT2D eigenvalue weighted by Crippen LogP contribution is 2.15. The summed E-state index contributed by atoms with van der Waals surface area (Å²) in [6, 6.07) is 0. The summed E-state index contributed by atoms with van der Waals surface area (Å²) in [5.41, 5.74) is 0. The molecule has 0 unspecified atom stereocenters. The van der Waals surface area contributed by atoms with Crippen LogP contribution in [0.5, 0.6) is 0 Å². The molecule has 0 heterocycles. The summed E-state index contributed by atoms with van der Waals surface area (Å²) < 4.78 is 16.8. The molecule has 0 fully saturated rings. The smallest absolute Gasteiger partial charge is 0.306 e. The number of rotatable bonds is 52. The second-order valence-corrected chi connectivity index (χ2v) is 19.2. The van der Waals surface area contributed by atoms with Crippen molar-refractivity contribution in [2.75, 3.05) is 13.2 Å². The minimum absolute atomic E-state index is 0.110. The molecular weight excluding hydrogens is 877 g/mol. The van der Waals surface area contributed by atoms with Crippen LogP contribution in [0.4, 0.5) is 0 Å². The first-order valence-electron chi connectivity index (χ1n) is 29.4. The van der Waals surface area contributed by atoms with E-state index in [0.717, 1.165) is 103 Å². The monoisotopic (exact) mass is 985 g/mol. The Bertz CT molecular complexity index is 1460. The molecule has 0 saturated carbocycles. The molecule has 0 saturated heterocycles. The normalized spacial score (nSPS) is 12.9. The Kier molecular flexibility index (Phi) is 55.4. The predicted molar refractivity (Wildman–Crippen MR) is 307 cm³/mol. The molecule has 71 heavy (non-hydrogen) atoms. The highest BCUT2D eigenvalue weighted by molar-refractivity contribution is 5.71. The molecule has 0 bridgehead atoms. The standard InChI is InChI=1S/C65H108O6/c1-4-7-10-13-16-19-22-25-28-31-32-35-37-40-43-46-49-52-55-58-64(67)70-61-62(71-65(68)59-56-53-50-47-44-41-38-34-30-27-24-21-18-15-12-9-6-3)60-69-63(66)57-54-51-48-45-42-39-36-33-29-26-23-20-17-14-11-8-5-2/h7,10,16,18-19,21,25,27-28,30,32,35,38,40-41,43,49,52,62H,4-6,8-9,11-15,17,20,22-24,26,29,31,33-34,36-37,39,42,44-48,50-51,53-61H2,1-3H3/b10-7-,19-16-,21-18-,28-25-,30-27-,35-32-,41-38-,43-40-,52-49-/t62-/m0/s1. The van der Waals surface area contributed by atoms with Crippen molar-refractivity contribution < 1.29 is 28.6 Å². The van der Waals surface area contributed by atoms with Crippen molar-refractivity contribution in [2.24, 2.45) is 0 Å². The minimum atomic E-state index is -0.821. The van der Waals surface area contributed by atoms with E-state index in [4.69, 9.17) is 14.2 Å². The number of unbranched alkanes of at least 4 members (excludes halogenated alkanes) is 23. The van der Waals surface area contributed by atoms with Gasteiger partial charge in [0, 0.05) is 19.3 Å². The molecule has 0 aliphatic rings. The lowest BCUT2D eigenvalue weighted by Crippen LogP contribution is -2.30. The fourth-order valence-electron chi connectivity index (χ4n) is 7.89. The van der Waals surface area contributed by atoms with Crippen molar-refractivity contribution in [3.8, 4) is 0 Å². The van der Waals surface area contributed by atoms with Gasteiger partial charge >= 0.3 is 17.9 Å². The van der Waals surface area contributed by atoms with Crippen LogP contribution >= 0.6 is 0 Å². The third kappa shape index (κ3) is 56.9. The van der Waals surface area contributed by atoms with Crippen molar-refractivity contribution in [2.45, 2.75) is 271 Å². The van der Waals surface area contributed by atoms with Gasteiger partial charge in [-0.05, 0) is 96.3 Å². The van der Waals surface area contributed by atoms with Gasteiger partial charge in [0.05, 0.1) is 0 Å². The molecule has 0 amide bonds. The van der Waals surface area contributed by atoms with Gasteiger partial charge in [0.15, 0.2) is 6.10 Å². The fraction of sp³-hybridized carbons (Fsp3) is 0.677. The van der Waals surface area contributed by atoms with Gasteiger partial charge in [-0.2, -0.15) is 0 Å². The number of carbonyl (C=O) groups is 3. The van der Waals surface area contributed by atoms with Crippen LogP contribution in [-0.4, -0.2) is 37.2 Å². The van der Waals surface area contributed by atoms with Gasteiger partial charge < -0.3 is 14.2 Å². The summed E-state index contributed by atoms with van der Waals surface area (Å²) in [6.45, 7) is 6.43. The lowest BCUT2D eigenvalue weighted by Gasteiger charge is -2.18. The van der Waals surface area contributed by atoms with Crippen molar-refractivity contribution >= 4 is 17.9 Å². The van der Waals surface area contributed by atoms with Gasteiger partial charge in [0.1, 0.15) is 13.2 Å². The second-order valence-electron chi connectivity index (χ2n) is 19.2. The van der Waals surface area contributed by atoms with Crippen LogP contribution in [0.3, 0.4) is 0 Å². The fourth-order valence-corrected chi connectivity index (χ4v) is 7.89. The third-order valence-corrected chi connectivity index (χ3v) is 12.3. The van der Waals surface area contributed by atoms with Crippen LogP contribution in [-0.2, 0) is 28.6 Å². The first kappa shape index (κ1) is 67.1. The molecule has 0 N–H and O–H groups in total. The van der Waals surface area contributed by atoms with E-state index in [1.54, 1.807) is 0 Å². The minimum Gasteiger partial charge on any atom is -0.462 e. The maximum atomic E-state index is 12.9. The Hall–Kier alpha value is -3.93. The average molecular weight is 986 g/mol.